The fourth-order valence-corrected chi connectivity index (χ4v) is 3.90. The minimum absolute atomic E-state index is 0.114. The molecule has 0 spiro atoms. The Morgan fingerprint density at radius 1 is 1.21 bits per heavy atom. The van der Waals surface area contributed by atoms with Gasteiger partial charge in [0.15, 0.2) is 0 Å². The molecule has 1 N–H and O–H groups in total. The highest BCUT2D eigenvalue weighted by Crippen LogP contribution is 2.42. The van der Waals surface area contributed by atoms with E-state index in [2.05, 4.69) is 42.3 Å². The van der Waals surface area contributed by atoms with Gasteiger partial charge < -0.3 is 5.32 Å². The van der Waals surface area contributed by atoms with E-state index in [0.29, 0.717) is 5.92 Å². The highest BCUT2D eigenvalue weighted by Gasteiger charge is 2.38. The molecule has 1 aliphatic rings. The lowest BCUT2D eigenvalue weighted by Crippen LogP contribution is -2.41. The molecule has 0 amide bonds. The molecule has 1 saturated heterocycles. The number of rotatable bonds is 5. The van der Waals surface area contributed by atoms with E-state index in [-0.39, 0.29) is 5.41 Å². The van der Waals surface area contributed by atoms with Crippen LogP contribution in [0, 0.1) is 5.92 Å². The van der Waals surface area contributed by atoms with Crippen molar-refractivity contribution in [2.24, 2.45) is 5.92 Å². The summed E-state index contributed by atoms with van der Waals surface area (Å²) >= 11 is 6.58. The Labute approximate surface area is 149 Å². The van der Waals surface area contributed by atoms with Gasteiger partial charge in [-0.25, -0.2) is 9.97 Å². The summed E-state index contributed by atoms with van der Waals surface area (Å²) in [4.78, 5) is 9.49. The van der Waals surface area contributed by atoms with Gasteiger partial charge in [0.2, 0.25) is 0 Å². The Balaban J connectivity index is 2.04. The van der Waals surface area contributed by atoms with Crippen molar-refractivity contribution in [1.29, 1.82) is 0 Å². The van der Waals surface area contributed by atoms with Crippen molar-refractivity contribution in [1.82, 2.24) is 15.3 Å². The van der Waals surface area contributed by atoms with Gasteiger partial charge >= 0.3 is 0 Å². The van der Waals surface area contributed by atoms with Crippen LogP contribution in [0.25, 0.3) is 0 Å². The third-order valence-electron chi connectivity index (χ3n) is 5.27. The van der Waals surface area contributed by atoms with E-state index in [9.17, 15) is 0 Å². The minimum atomic E-state index is -0.114. The quantitative estimate of drug-likeness (QED) is 0.875. The Hall–Kier alpha value is -1.45. The van der Waals surface area contributed by atoms with Crippen molar-refractivity contribution in [3.8, 4) is 0 Å². The predicted molar refractivity (Wildman–Crippen MR) is 99.5 cm³/mol. The zero-order valence-corrected chi connectivity index (χ0v) is 15.3. The first-order chi connectivity index (χ1) is 11.7. The third-order valence-corrected chi connectivity index (χ3v) is 5.60. The van der Waals surface area contributed by atoms with Crippen LogP contribution in [0.2, 0.25) is 5.02 Å². The maximum atomic E-state index is 6.58. The SMILES string of the molecule is CCC(C)Cc1nccc(C2(c3ccccc3Cl)CCNCC2)n1. The van der Waals surface area contributed by atoms with Gasteiger partial charge in [-0.1, -0.05) is 50.1 Å². The van der Waals surface area contributed by atoms with Crippen molar-refractivity contribution in [2.45, 2.75) is 44.9 Å². The van der Waals surface area contributed by atoms with Crippen molar-refractivity contribution in [3.63, 3.8) is 0 Å². The van der Waals surface area contributed by atoms with Gasteiger partial charge in [-0.3, -0.25) is 0 Å². The molecular weight excluding hydrogens is 318 g/mol. The molecule has 2 heterocycles. The smallest absolute Gasteiger partial charge is 0.128 e. The Kier molecular flexibility index (Phi) is 5.52. The molecule has 1 aliphatic heterocycles. The molecule has 1 aromatic carbocycles. The molecule has 1 fully saturated rings. The molecular formula is C20H26ClN3. The Morgan fingerprint density at radius 2 is 1.96 bits per heavy atom. The number of aromatic nitrogens is 2. The average molecular weight is 344 g/mol. The van der Waals surface area contributed by atoms with Gasteiger partial charge in [0.05, 0.1) is 5.69 Å². The second-order valence-corrected chi connectivity index (χ2v) is 7.29. The highest BCUT2D eigenvalue weighted by atomic mass is 35.5. The Bertz CT molecular complexity index is 680. The molecule has 1 aromatic heterocycles. The first-order valence-electron chi connectivity index (χ1n) is 8.94. The summed E-state index contributed by atoms with van der Waals surface area (Å²) in [5, 5.41) is 4.30. The van der Waals surface area contributed by atoms with E-state index in [0.717, 1.165) is 55.3 Å². The predicted octanol–water partition coefficient (Wildman–Crippen LogP) is 4.39. The monoisotopic (exact) mass is 343 g/mol. The van der Waals surface area contributed by atoms with Crippen LogP contribution in [0.4, 0.5) is 0 Å². The zero-order valence-electron chi connectivity index (χ0n) is 14.6. The molecule has 128 valence electrons. The molecule has 0 radical (unpaired) electrons. The van der Waals surface area contributed by atoms with Crippen LogP contribution >= 0.6 is 11.6 Å². The molecule has 3 nitrogen and oxygen atoms in total. The molecule has 1 unspecified atom stereocenters. The van der Waals surface area contributed by atoms with E-state index in [1.165, 1.54) is 5.56 Å². The van der Waals surface area contributed by atoms with Crippen molar-refractivity contribution in [3.05, 3.63) is 58.6 Å². The summed E-state index contributed by atoms with van der Waals surface area (Å²) in [7, 11) is 0. The number of hydrogen-bond acceptors (Lipinski definition) is 3. The topological polar surface area (TPSA) is 37.8 Å². The van der Waals surface area contributed by atoms with Gasteiger partial charge in [0.25, 0.3) is 0 Å². The van der Waals surface area contributed by atoms with Crippen LogP contribution in [0.15, 0.2) is 36.5 Å². The lowest BCUT2D eigenvalue weighted by molar-refractivity contribution is 0.352. The molecule has 1 atom stereocenters. The normalized spacial score (nSPS) is 18.3. The lowest BCUT2D eigenvalue weighted by Gasteiger charge is -2.38. The fourth-order valence-electron chi connectivity index (χ4n) is 3.59. The molecule has 0 bridgehead atoms. The molecule has 0 saturated carbocycles. The van der Waals surface area contributed by atoms with E-state index in [1.54, 1.807) is 0 Å². The van der Waals surface area contributed by atoms with Gasteiger partial charge in [-0.2, -0.15) is 0 Å². The standard InChI is InChI=1S/C20H26ClN3/c1-3-15(2)14-19-23-11-8-18(24-19)20(9-12-22-13-10-20)16-6-4-5-7-17(16)21/h4-8,11,15,22H,3,9-10,12-14H2,1-2H3. The molecule has 24 heavy (non-hydrogen) atoms. The van der Waals surface area contributed by atoms with E-state index in [4.69, 9.17) is 16.6 Å². The van der Waals surface area contributed by atoms with Crippen molar-refractivity contribution < 1.29 is 0 Å². The lowest BCUT2D eigenvalue weighted by atomic mass is 9.70. The van der Waals surface area contributed by atoms with Gasteiger partial charge in [0.1, 0.15) is 5.82 Å². The molecule has 3 rings (SSSR count). The summed E-state index contributed by atoms with van der Waals surface area (Å²) in [6.07, 6.45) is 6.02. The summed E-state index contributed by atoms with van der Waals surface area (Å²) in [6, 6.07) is 10.3. The van der Waals surface area contributed by atoms with Crippen molar-refractivity contribution >= 4 is 11.6 Å². The summed E-state index contributed by atoms with van der Waals surface area (Å²) in [5.41, 5.74) is 2.20. The third kappa shape index (κ3) is 3.47. The second-order valence-electron chi connectivity index (χ2n) is 6.89. The van der Waals surface area contributed by atoms with Gasteiger partial charge in [0, 0.05) is 23.1 Å². The summed E-state index contributed by atoms with van der Waals surface area (Å²) in [6.45, 7) is 6.43. The van der Waals surface area contributed by atoms with Crippen molar-refractivity contribution in [2.75, 3.05) is 13.1 Å². The first kappa shape index (κ1) is 17.4. The summed E-state index contributed by atoms with van der Waals surface area (Å²) < 4.78 is 0. The van der Waals surface area contributed by atoms with Crippen LogP contribution in [-0.2, 0) is 11.8 Å². The van der Waals surface area contributed by atoms with Gasteiger partial charge in [-0.15, -0.1) is 0 Å². The maximum Gasteiger partial charge on any atom is 0.128 e. The van der Waals surface area contributed by atoms with Crippen LogP contribution in [0.3, 0.4) is 0 Å². The Morgan fingerprint density at radius 3 is 2.67 bits per heavy atom. The molecule has 0 aliphatic carbocycles. The van der Waals surface area contributed by atoms with Crippen LogP contribution < -0.4 is 5.32 Å². The number of benzene rings is 1. The van der Waals surface area contributed by atoms with Crippen LogP contribution in [0.5, 0.6) is 0 Å². The average Bonchev–Trinajstić information content (AvgIpc) is 2.63. The number of halogens is 1. The van der Waals surface area contributed by atoms with E-state index < -0.39 is 0 Å². The van der Waals surface area contributed by atoms with Gasteiger partial charge in [-0.05, 0) is 49.5 Å². The second kappa shape index (κ2) is 7.62. The number of nitrogens with one attached hydrogen (secondary N) is 1. The zero-order chi connectivity index (χ0) is 17.0. The van der Waals surface area contributed by atoms with E-state index >= 15 is 0 Å². The maximum absolute atomic E-state index is 6.58. The first-order valence-corrected chi connectivity index (χ1v) is 9.31. The number of nitrogens with zero attached hydrogens (tertiary/aromatic N) is 2. The van der Waals surface area contributed by atoms with Crippen LogP contribution in [0.1, 0.15) is 50.2 Å². The van der Waals surface area contributed by atoms with E-state index in [1.807, 2.05) is 18.3 Å². The highest BCUT2D eigenvalue weighted by molar-refractivity contribution is 6.31. The molecule has 2 aromatic rings. The number of hydrogen-bond donors (Lipinski definition) is 1. The fraction of sp³-hybridized carbons (Fsp3) is 0.500. The number of piperidine rings is 1. The molecule has 4 heteroatoms. The largest absolute Gasteiger partial charge is 0.317 e. The summed E-state index contributed by atoms with van der Waals surface area (Å²) in [5.74, 6) is 1.55. The van der Waals surface area contributed by atoms with Crippen LogP contribution in [-0.4, -0.2) is 23.1 Å². The minimum Gasteiger partial charge on any atom is -0.317 e.